The van der Waals surface area contributed by atoms with E-state index in [4.69, 9.17) is 4.42 Å². The average molecular weight is 361 g/mol. The molecule has 5 nitrogen and oxygen atoms in total. The molecule has 0 unspecified atom stereocenters. The van der Waals surface area contributed by atoms with Crippen LogP contribution in [-0.4, -0.2) is 21.4 Å². The number of halogens is 2. The third-order valence-electron chi connectivity index (χ3n) is 3.27. The maximum Gasteiger partial charge on any atom is 0.277 e. The molecule has 2 aromatic carbocycles. The minimum atomic E-state index is -0.543. The van der Waals surface area contributed by atoms with E-state index in [0.29, 0.717) is 5.69 Å². The second-order valence-corrected chi connectivity index (χ2v) is 6.40. The van der Waals surface area contributed by atoms with Gasteiger partial charge in [0.2, 0.25) is 5.91 Å². The van der Waals surface area contributed by atoms with Gasteiger partial charge in [-0.3, -0.25) is 4.79 Å². The number of carbonyl (C=O) groups excluding carboxylic acids is 1. The highest BCUT2D eigenvalue weighted by molar-refractivity contribution is 8.00. The number of hydrogen-bond acceptors (Lipinski definition) is 5. The zero-order chi connectivity index (χ0) is 17.8. The molecule has 1 heterocycles. The highest BCUT2D eigenvalue weighted by Gasteiger charge is 2.19. The molecule has 3 aromatic rings. The van der Waals surface area contributed by atoms with Crippen molar-refractivity contribution in [1.29, 1.82) is 0 Å². The third-order valence-corrected chi connectivity index (χ3v) is 4.20. The smallest absolute Gasteiger partial charge is 0.277 e. The summed E-state index contributed by atoms with van der Waals surface area (Å²) in [5, 5.41) is 9.90. The van der Waals surface area contributed by atoms with Crippen LogP contribution in [0.1, 0.15) is 6.92 Å². The molecule has 25 heavy (non-hydrogen) atoms. The van der Waals surface area contributed by atoms with Crippen LogP contribution in [0.3, 0.4) is 0 Å². The lowest BCUT2D eigenvalue weighted by molar-refractivity contribution is -0.115. The summed E-state index contributed by atoms with van der Waals surface area (Å²) in [6.07, 6.45) is 0. The SMILES string of the molecule is C[C@@H](Sc1nnc(-c2ccccc2F)o1)C(=O)Nc1ccc(F)cc1. The predicted octanol–water partition coefficient (Wildman–Crippen LogP) is 4.13. The van der Waals surface area contributed by atoms with Crippen LogP contribution in [0.5, 0.6) is 0 Å². The van der Waals surface area contributed by atoms with Gasteiger partial charge in [0.1, 0.15) is 11.6 Å². The molecule has 0 fully saturated rings. The van der Waals surface area contributed by atoms with E-state index in [1.54, 1.807) is 19.1 Å². The quantitative estimate of drug-likeness (QED) is 0.692. The molecule has 1 amide bonds. The zero-order valence-corrected chi connectivity index (χ0v) is 13.9. The summed E-state index contributed by atoms with van der Waals surface area (Å²) >= 11 is 1.05. The first-order chi connectivity index (χ1) is 12.0. The fraction of sp³-hybridized carbons (Fsp3) is 0.118. The fourth-order valence-electron chi connectivity index (χ4n) is 1.98. The van der Waals surface area contributed by atoms with Gasteiger partial charge in [-0.25, -0.2) is 8.78 Å². The molecule has 1 atom stereocenters. The van der Waals surface area contributed by atoms with Crippen molar-refractivity contribution in [3.05, 3.63) is 60.2 Å². The van der Waals surface area contributed by atoms with E-state index < -0.39 is 11.1 Å². The van der Waals surface area contributed by atoms with Crippen molar-refractivity contribution < 1.29 is 18.0 Å². The number of aromatic nitrogens is 2. The van der Waals surface area contributed by atoms with Crippen molar-refractivity contribution in [1.82, 2.24) is 10.2 Å². The van der Waals surface area contributed by atoms with Crippen LogP contribution in [0.25, 0.3) is 11.5 Å². The second kappa shape index (κ2) is 7.43. The van der Waals surface area contributed by atoms with Crippen molar-refractivity contribution >= 4 is 23.4 Å². The predicted molar refractivity (Wildman–Crippen MR) is 90.0 cm³/mol. The van der Waals surface area contributed by atoms with Crippen molar-refractivity contribution in [3.8, 4) is 11.5 Å². The number of thioether (sulfide) groups is 1. The van der Waals surface area contributed by atoms with Crippen molar-refractivity contribution in [3.63, 3.8) is 0 Å². The lowest BCUT2D eigenvalue weighted by Gasteiger charge is -2.09. The van der Waals surface area contributed by atoms with Crippen LogP contribution >= 0.6 is 11.8 Å². The second-order valence-electron chi connectivity index (χ2n) is 5.11. The Morgan fingerprint density at radius 1 is 1.12 bits per heavy atom. The molecule has 0 aliphatic carbocycles. The molecule has 0 spiro atoms. The summed E-state index contributed by atoms with van der Waals surface area (Å²) in [6, 6.07) is 11.5. The van der Waals surface area contributed by atoms with Crippen LogP contribution in [-0.2, 0) is 4.79 Å². The normalized spacial score (nSPS) is 12.0. The monoisotopic (exact) mass is 361 g/mol. The van der Waals surface area contributed by atoms with Gasteiger partial charge >= 0.3 is 0 Å². The van der Waals surface area contributed by atoms with Gasteiger partial charge < -0.3 is 9.73 Å². The first kappa shape index (κ1) is 17.1. The minimum absolute atomic E-state index is 0.0479. The van der Waals surface area contributed by atoms with Crippen LogP contribution in [0.15, 0.2) is 58.2 Å². The summed E-state index contributed by atoms with van der Waals surface area (Å²) in [5.41, 5.74) is 0.682. The number of amides is 1. The summed E-state index contributed by atoms with van der Waals surface area (Å²) in [4.78, 5) is 12.2. The van der Waals surface area contributed by atoms with Gasteiger partial charge in [0.05, 0.1) is 10.8 Å². The highest BCUT2D eigenvalue weighted by atomic mass is 32.2. The Bertz CT molecular complexity index is 884. The molecular weight excluding hydrogens is 348 g/mol. The lowest BCUT2D eigenvalue weighted by Crippen LogP contribution is -2.22. The molecule has 1 aromatic heterocycles. The van der Waals surface area contributed by atoms with E-state index in [-0.39, 0.29) is 28.4 Å². The van der Waals surface area contributed by atoms with Crippen LogP contribution in [0, 0.1) is 11.6 Å². The maximum absolute atomic E-state index is 13.7. The molecule has 8 heteroatoms. The molecule has 0 radical (unpaired) electrons. The van der Waals surface area contributed by atoms with Crippen LogP contribution in [0.4, 0.5) is 14.5 Å². The Morgan fingerprint density at radius 3 is 2.56 bits per heavy atom. The number of rotatable bonds is 5. The molecule has 3 rings (SSSR count). The fourth-order valence-corrected chi connectivity index (χ4v) is 2.67. The minimum Gasteiger partial charge on any atom is -0.411 e. The van der Waals surface area contributed by atoms with Crippen molar-refractivity contribution in [2.24, 2.45) is 0 Å². The van der Waals surface area contributed by atoms with E-state index in [9.17, 15) is 13.6 Å². The number of benzene rings is 2. The molecule has 0 aliphatic heterocycles. The van der Waals surface area contributed by atoms with Gasteiger partial charge in [0.15, 0.2) is 0 Å². The highest BCUT2D eigenvalue weighted by Crippen LogP contribution is 2.27. The van der Waals surface area contributed by atoms with Crippen LogP contribution < -0.4 is 5.32 Å². The Hall–Kier alpha value is -2.74. The van der Waals surface area contributed by atoms with E-state index in [0.717, 1.165) is 11.8 Å². The Labute approximate surface area is 146 Å². The van der Waals surface area contributed by atoms with E-state index in [1.165, 1.54) is 36.4 Å². The summed E-state index contributed by atoms with van der Waals surface area (Å²) in [7, 11) is 0. The Morgan fingerprint density at radius 2 is 1.84 bits per heavy atom. The number of nitrogens with zero attached hydrogens (tertiary/aromatic N) is 2. The van der Waals surface area contributed by atoms with E-state index in [2.05, 4.69) is 15.5 Å². The Kier molecular flexibility index (Phi) is 5.08. The average Bonchev–Trinajstić information content (AvgIpc) is 3.05. The third kappa shape index (κ3) is 4.21. The number of hydrogen-bond donors (Lipinski definition) is 1. The van der Waals surface area contributed by atoms with Gasteiger partial charge in [-0.2, -0.15) is 0 Å². The first-order valence-corrected chi connectivity index (χ1v) is 8.22. The zero-order valence-electron chi connectivity index (χ0n) is 13.1. The molecule has 0 bridgehead atoms. The van der Waals surface area contributed by atoms with Gasteiger partial charge in [0, 0.05) is 5.69 Å². The van der Waals surface area contributed by atoms with E-state index >= 15 is 0 Å². The maximum atomic E-state index is 13.7. The molecule has 0 saturated carbocycles. The lowest BCUT2D eigenvalue weighted by atomic mass is 10.2. The van der Waals surface area contributed by atoms with Crippen molar-refractivity contribution in [2.75, 3.05) is 5.32 Å². The van der Waals surface area contributed by atoms with Gasteiger partial charge in [-0.1, -0.05) is 23.9 Å². The summed E-state index contributed by atoms with van der Waals surface area (Å²) in [5.74, 6) is -1.11. The summed E-state index contributed by atoms with van der Waals surface area (Å²) < 4.78 is 32.0. The topological polar surface area (TPSA) is 68.0 Å². The molecule has 0 saturated heterocycles. The molecule has 0 aliphatic rings. The van der Waals surface area contributed by atoms with Gasteiger partial charge in [-0.15, -0.1) is 10.2 Å². The van der Waals surface area contributed by atoms with Crippen LogP contribution in [0.2, 0.25) is 0 Å². The molecular formula is C17H13F2N3O2S. The Balaban J connectivity index is 1.65. The molecule has 128 valence electrons. The largest absolute Gasteiger partial charge is 0.411 e. The standard InChI is InChI=1S/C17H13F2N3O2S/c1-10(15(23)20-12-8-6-11(18)7-9-12)25-17-22-21-16(24-17)13-4-2-3-5-14(13)19/h2-10H,1H3,(H,20,23)/t10-/m1/s1. The molecule has 1 N–H and O–H groups in total. The number of anilines is 1. The number of nitrogens with one attached hydrogen (secondary N) is 1. The first-order valence-electron chi connectivity index (χ1n) is 7.34. The van der Waals surface area contributed by atoms with Crippen molar-refractivity contribution in [2.45, 2.75) is 17.4 Å². The van der Waals surface area contributed by atoms with Gasteiger partial charge in [0.25, 0.3) is 11.1 Å². The van der Waals surface area contributed by atoms with E-state index in [1.807, 2.05) is 0 Å². The summed E-state index contributed by atoms with van der Waals surface area (Å²) in [6.45, 7) is 1.66. The number of carbonyl (C=O) groups is 1. The van der Waals surface area contributed by atoms with Gasteiger partial charge in [-0.05, 0) is 43.3 Å².